The van der Waals surface area contributed by atoms with Crippen molar-refractivity contribution in [1.82, 2.24) is 14.8 Å². The highest BCUT2D eigenvalue weighted by molar-refractivity contribution is 5.89. The highest BCUT2D eigenvalue weighted by Gasteiger charge is 2.41. The summed E-state index contributed by atoms with van der Waals surface area (Å²) in [7, 11) is 0. The Morgan fingerprint density at radius 1 is 1.10 bits per heavy atom. The molecule has 0 aliphatic heterocycles. The van der Waals surface area contributed by atoms with Gasteiger partial charge in [0.1, 0.15) is 18.0 Å². The smallest absolute Gasteiger partial charge is 0.434 e. The molecular formula is C18H13F3N4O4. The largest absolute Gasteiger partial charge is 0.478 e. The van der Waals surface area contributed by atoms with Crippen LogP contribution in [0.2, 0.25) is 0 Å². The lowest BCUT2D eigenvalue weighted by Gasteiger charge is -2.12. The van der Waals surface area contributed by atoms with Crippen LogP contribution >= 0.6 is 0 Å². The quantitative estimate of drug-likeness (QED) is 0.669. The summed E-state index contributed by atoms with van der Waals surface area (Å²) in [4.78, 5) is 26.8. The monoisotopic (exact) mass is 406 g/mol. The Morgan fingerprint density at radius 2 is 1.83 bits per heavy atom. The lowest BCUT2D eigenvalue weighted by molar-refractivity contribution is -0.143. The minimum absolute atomic E-state index is 0.00822. The van der Waals surface area contributed by atoms with Gasteiger partial charge in [-0.25, -0.2) is 19.3 Å². The first-order valence-corrected chi connectivity index (χ1v) is 8.09. The maximum atomic E-state index is 13.3. The number of hydrogen-bond donors (Lipinski definition) is 2. The molecule has 0 saturated heterocycles. The van der Waals surface area contributed by atoms with Crippen LogP contribution < -0.4 is 5.32 Å². The third-order valence-electron chi connectivity index (χ3n) is 3.66. The van der Waals surface area contributed by atoms with Gasteiger partial charge < -0.3 is 9.84 Å². The number of carboxylic acid groups (broad SMARTS) is 1. The van der Waals surface area contributed by atoms with Crippen LogP contribution in [0.5, 0.6) is 0 Å². The third kappa shape index (κ3) is 4.69. The molecule has 0 saturated carbocycles. The Kier molecular flexibility index (Phi) is 5.48. The minimum atomic E-state index is -4.98. The summed E-state index contributed by atoms with van der Waals surface area (Å²) in [5.41, 5.74) is -1.75. The number of aromatic nitrogens is 3. The summed E-state index contributed by atoms with van der Waals surface area (Å²) >= 11 is 0. The minimum Gasteiger partial charge on any atom is -0.478 e. The molecule has 2 aromatic heterocycles. The molecule has 0 bridgehead atoms. The second-order valence-electron chi connectivity index (χ2n) is 5.69. The van der Waals surface area contributed by atoms with E-state index < -0.39 is 29.5 Å². The number of carbonyl (C=O) groups is 2. The van der Waals surface area contributed by atoms with E-state index in [-0.39, 0.29) is 18.2 Å². The van der Waals surface area contributed by atoms with E-state index in [2.05, 4.69) is 15.4 Å². The van der Waals surface area contributed by atoms with Crippen LogP contribution in [-0.4, -0.2) is 31.9 Å². The third-order valence-corrected chi connectivity index (χ3v) is 3.66. The van der Waals surface area contributed by atoms with E-state index in [0.717, 1.165) is 5.56 Å². The van der Waals surface area contributed by atoms with Crippen LogP contribution in [0.3, 0.4) is 0 Å². The number of amides is 1. The van der Waals surface area contributed by atoms with Gasteiger partial charge in [-0.15, -0.1) is 0 Å². The van der Waals surface area contributed by atoms with Crippen molar-refractivity contribution < 1.29 is 32.6 Å². The molecule has 3 aromatic rings. The van der Waals surface area contributed by atoms with Crippen LogP contribution in [0.4, 0.5) is 23.8 Å². The fourth-order valence-electron chi connectivity index (χ4n) is 2.43. The van der Waals surface area contributed by atoms with E-state index in [1.54, 1.807) is 30.3 Å². The van der Waals surface area contributed by atoms with Crippen LogP contribution in [0.25, 0.3) is 5.82 Å². The van der Waals surface area contributed by atoms with E-state index in [1.165, 1.54) is 18.2 Å². The Hall–Kier alpha value is -3.89. The zero-order chi connectivity index (χ0) is 21.0. The number of rotatable bonds is 5. The Bertz CT molecular complexity index is 1040. The van der Waals surface area contributed by atoms with Gasteiger partial charge in [0.25, 0.3) is 0 Å². The number of anilines is 1. The second kappa shape index (κ2) is 8.00. The summed E-state index contributed by atoms with van der Waals surface area (Å²) < 4.78 is 45.3. The molecule has 0 radical (unpaired) electrons. The van der Waals surface area contributed by atoms with E-state index >= 15 is 0 Å². The first-order valence-electron chi connectivity index (χ1n) is 8.09. The number of ether oxygens (including phenoxy) is 1. The summed E-state index contributed by atoms with van der Waals surface area (Å²) in [5.74, 6) is -2.20. The van der Waals surface area contributed by atoms with Gasteiger partial charge in [0, 0.05) is 0 Å². The average molecular weight is 406 g/mol. The first kappa shape index (κ1) is 19.9. The van der Waals surface area contributed by atoms with E-state index in [4.69, 9.17) is 9.84 Å². The molecule has 2 N–H and O–H groups in total. The van der Waals surface area contributed by atoms with Crippen molar-refractivity contribution in [1.29, 1.82) is 0 Å². The number of benzene rings is 1. The van der Waals surface area contributed by atoms with Crippen molar-refractivity contribution in [3.8, 4) is 5.82 Å². The second-order valence-corrected chi connectivity index (χ2v) is 5.69. The topological polar surface area (TPSA) is 106 Å². The van der Waals surface area contributed by atoms with Crippen molar-refractivity contribution in [2.45, 2.75) is 12.8 Å². The van der Waals surface area contributed by atoms with E-state index in [9.17, 15) is 22.8 Å². The molecule has 0 fully saturated rings. The van der Waals surface area contributed by atoms with E-state index in [0.29, 0.717) is 10.9 Å². The lowest BCUT2D eigenvalue weighted by Crippen LogP contribution is -2.19. The maximum Gasteiger partial charge on any atom is 0.434 e. The van der Waals surface area contributed by atoms with Crippen LogP contribution in [0.15, 0.2) is 54.7 Å². The fraction of sp³-hybridized carbons (Fsp3) is 0.111. The van der Waals surface area contributed by atoms with Gasteiger partial charge in [0.15, 0.2) is 11.5 Å². The van der Waals surface area contributed by atoms with Gasteiger partial charge in [-0.1, -0.05) is 36.4 Å². The average Bonchev–Trinajstić information content (AvgIpc) is 3.14. The SMILES string of the molecule is O=C(Nc1cccc(-n2ncc(C(=O)O)c2C(F)(F)F)n1)OCc1ccccc1. The van der Waals surface area contributed by atoms with Crippen molar-refractivity contribution in [3.63, 3.8) is 0 Å². The number of carbonyl (C=O) groups excluding carboxylic acids is 1. The molecule has 0 spiro atoms. The Morgan fingerprint density at radius 3 is 2.48 bits per heavy atom. The molecular weight excluding hydrogens is 393 g/mol. The summed E-state index contributed by atoms with van der Waals surface area (Å²) in [5, 5.41) is 14.7. The molecule has 3 rings (SSSR count). The van der Waals surface area contributed by atoms with Crippen LogP contribution in [0, 0.1) is 0 Å². The Balaban J connectivity index is 1.80. The van der Waals surface area contributed by atoms with Gasteiger partial charge in [0.2, 0.25) is 0 Å². The van der Waals surface area contributed by atoms with E-state index in [1.807, 2.05) is 0 Å². The fourth-order valence-corrected chi connectivity index (χ4v) is 2.43. The molecule has 11 heteroatoms. The van der Waals surface area contributed by atoms with Crippen molar-refractivity contribution in [2.24, 2.45) is 0 Å². The predicted molar refractivity (Wildman–Crippen MR) is 93.6 cm³/mol. The highest BCUT2D eigenvalue weighted by atomic mass is 19.4. The normalized spacial score (nSPS) is 11.1. The number of alkyl halides is 3. The van der Waals surface area contributed by atoms with Crippen LogP contribution in [0.1, 0.15) is 21.6 Å². The standard InChI is InChI=1S/C18H13F3N4O4/c19-18(20,21)15-12(16(26)27)9-22-25(15)14-8-4-7-13(23-14)24-17(28)29-10-11-5-2-1-3-6-11/h1-9H,10H2,(H,26,27)(H,23,24,28). The number of aromatic carboxylic acids is 1. The van der Waals surface area contributed by atoms with Gasteiger partial charge in [0.05, 0.1) is 6.20 Å². The van der Waals surface area contributed by atoms with Gasteiger partial charge >= 0.3 is 18.2 Å². The number of nitrogens with one attached hydrogen (secondary N) is 1. The predicted octanol–water partition coefficient (Wildman–Crippen LogP) is 3.73. The number of halogens is 3. The molecule has 1 aromatic carbocycles. The highest BCUT2D eigenvalue weighted by Crippen LogP contribution is 2.33. The maximum absolute atomic E-state index is 13.3. The van der Waals surface area contributed by atoms with Gasteiger partial charge in [-0.05, 0) is 17.7 Å². The lowest BCUT2D eigenvalue weighted by atomic mass is 10.2. The number of nitrogens with zero attached hydrogens (tertiary/aromatic N) is 3. The molecule has 0 atom stereocenters. The summed E-state index contributed by atoms with van der Waals surface area (Å²) in [6, 6.07) is 12.7. The van der Waals surface area contributed by atoms with Crippen LogP contribution in [-0.2, 0) is 17.5 Å². The molecule has 0 aliphatic rings. The Labute approximate surface area is 161 Å². The molecule has 8 nitrogen and oxygen atoms in total. The first-order chi connectivity index (χ1) is 13.8. The zero-order valence-electron chi connectivity index (χ0n) is 14.6. The number of pyridine rings is 1. The van der Waals surface area contributed by atoms with Crippen molar-refractivity contribution in [3.05, 3.63) is 71.5 Å². The summed E-state index contributed by atoms with van der Waals surface area (Å²) in [6.07, 6.45) is -5.26. The molecule has 0 unspecified atom stereocenters. The number of carboxylic acids is 1. The zero-order valence-corrected chi connectivity index (χ0v) is 14.6. The summed E-state index contributed by atoms with van der Waals surface area (Å²) in [6.45, 7) is -0.00822. The molecule has 2 heterocycles. The molecule has 0 aliphatic carbocycles. The molecule has 1 amide bonds. The molecule has 150 valence electrons. The van der Waals surface area contributed by atoms with Gasteiger partial charge in [-0.3, -0.25) is 5.32 Å². The van der Waals surface area contributed by atoms with Gasteiger partial charge in [-0.2, -0.15) is 18.3 Å². The number of hydrogen-bond acceptors (Lipinski definition) is 5. The molecule has 29 heavy (non-hydrogen) atoms. The van der Waals surface area contributed by atoms with Crippen molar-refractivity contribution in [2.75, 3.05) is 5.32 Å². The van der Waals surface area contributed by atoms with Crippen molar-refractivity contribution >= 4 is 17.9 Å².